The molecule has 4 rings (SSSR count). The van der Waals surface area contributed by atoms with Gasteiger partial charge in [0, 0.05) is 24.9 Å². The summed E-state index contributed by atoms with van der Waals surface area (Å²) in [5.74, 6) is -21.8. The lowest BCUT2D eigenvalue weighted by Gasteiger charge is -2.34. The number of phenolic OH excluding ortho intramolecular Hbond substituents is 2. The largest absolute Gasteiger partial charge is 0.508 e. The highest BCUT2D eigenvalue weighted by molar-refractivity contribution is 6.01. The molecule has 0 fully saturated rings. The maximum absolute atomic E-state index is 15.6. The molecule has 147 heavy (non-hydrogen) atoms. The SMILES string of the molecule is C[C@@H]1NC(=O)C(C)(C)CCC/C=C\CCC[C@@](C)(C(=O)N[C@@H](N[C@@H](C=O)Cc2ccccc2)C(=O)N[C@H](N[C@@H](C=O)CC(N)=O)C(=O)N[C@@H](N[C@@H](C)C=O)C(=O)N[C@H](N[C@@H](C=O)Cc2ccc(O)cc2)C(=O)N[C@@H](N[C@@H](C=O)Cc2ccc(O)cc2)C(=O)N[C@H](N[C@@H](C)C=O)C(=O)N[C@@H](N[C@@H](C=O)CCCNC(=N)N)C(=O)N[C@H](N[C@@H](C=O)CCCNC(=N)N)C(N)=O)NC(=O)[C@H](N[C@@H](C=O)CC(=O)O)NC(=O)CNC1=O. The Bertz CT molecular complexity index is 5070. The van der Waals surface area contributed by atoms with E-state index in [4.69, 9.17) is 33.8 Å². The minimum absolute atomic E-state index is 0.0262. The normalized spacial score (nSPS) is 18.8. The lowest BCUT2D eigenvalue weighted by molar-refractivity contribution is -0.140. The third-order valence-electron chi connectivity index (χ3n) is 22.0. The molecule has 20 atom stereocenters. The van der Waals surface area contributed by atoms with Gasteiger partial charge in [0.2, 0.25) is 29.5 Å². The number of hydrogen-bond donors (Lipinski definition) is 32. The molecule has 0 saturated carbocycles. The van der Waals surface area contributed by atoms with E-state index in [2.05, 4.69) is 122 Å². The van der Waals surface area contributed by atoms with Gasteiger partial charge in [-0.1, -0.05) is 80.6 Å². The Morgan fingerprint density at radius 2 is 0.789 bits per heavy atom. The standard InChI is InChI=1S/C91H133N29O27/c1-49(40-121)101-69(78(138)115-71(105-56(43-124)21-17-33-99-89(96)97)80(140)112-68(67(93)136)104-55(42-123)20-16-32-98-88(94)95)113-81(141)72(106-58(45-126)35-53-22-26-62(130)27-23-53)117-83(143)73(107-59(46-127)36-54-24-28-63(131)29-25-54)116-79(139)70(102-50(2)41-122)114-82(142)74(109-60(47-128)37-64(92)132)118-84(144)75(108-57(44-125)34-52-18-12-11-13-19-52)119-87(147)91(6)31-15-10-8-7-9-14-30-90(4,5)86(146)103-51(3)77(137)100-39-65(133)111-76(85(145)120-91)110-61(48-129)38-66(134)135/h7-8,11-13,18-19,22-29,40-51,55-61,68-76,101-102,104-110,130-131H,9-10,14-17,20-21,30-39H2,1-6H3,(H2,92,132)(H2,93,136)(H,100,137)(H,103,146)(H,111,133)(H,112,140)(H,113,141)(H,114,142)(H,115,138)(H,116,139)(H,117,143)(H,118,144)(H,119,147)(H,120,145)(H,134,135)(H4,94,95,98)(H4,96,97,99)/b8-7-/t49-,50-,51-,55+,56+,57+,58+,59+,60+,61+,68-,69-,70+,71+,72+,73-,74-,75+,76+,91-/m0/s1. The van der Waals surface area contributed by atoms with Gasteiger partial charge in [-0.05, 0) is 152 Å². The van der Waals surface area contributed by atoms with E-state index in [0.717, 1.165) is 20.8 Å². The van der Waals surface area contributed by atoms with Crippen LogP contribution in [0.3, 0.4) is 0 Å². The highest BCUT2D eigenvalue weighted by atomic mass is 16.4. The number of carbonyl (C=O) groups is 24. The third-order valence-corrected chi connectivity index (χ3v) is 22.0. The van der Waals surface area contributed by atoms with E-state index in [1.807, 2.05) is 0 Å². The van der Waals surface area contributed by atoms with Crippen molar-refractivity contribution in [1.82, 2.24) is 122 Å². The Morgan fingerprint density at radius 1 is 0.435 bits per heavy atom. The summed E-state index contributed by atoms with van der Waals surface area (Å²) in [4.78, 5) is 331. The first-order valence-corrected chi connectivity index (χ1v) is 46.4. The zero-order valence-corrected chi connectivity index (χ0v) is 81.5. The van der Waals surface area contributed by atoms with Crippen LogP contribution in [0.1, 0.15) is 135 Å². The van der Waals surface area contributed by atoms with E-state index in [1.54, 1.807) is 56.3 Å². The minimum Gasteiger partial charge on any atom is -0.508 e. The molecule has 56 heteroatoms. The Hall–Kier alpha value is -15.7. The first-order valence-electron chi connectivity index (χ1n) is 46.4. The van der Waals surface area contributed by atoms with Gasteiger partial charge in [-0.15, -0.1) is 0 Å². The van der Waals surface area contributed by atoms with Gasteiger partial charge >= 0.3 is 5.97 Å². The minimum atomic E-state index is -2.53. The molecule has 0 aliphatic carbocycles. The molecule has 0 spiro atoms. The van der Waals surface area contributed by atoms with Crippen LogP contribution in [0.5, 0.6) is 11.5 Å². The van der Waals surface area contributed by atoms with Crippen molar-refractivity contribution >= 4 is 157 Å². The van der Waals surface area contributed by atoms with Crippen LogP contribution in [-0.2, 0) is 134 Å². The van der Waals surface area contributed by atoms with E-state index in [-0.39, 0.29) is 125 Å². The van der Waals surface area contributed by atoms with Crippen molar-refractivity contribution in [3.8, 4) is 11.5 Å². The molecule has 0 unspecified atom stereocenters. The van der Waals surface area contributed by atoms with Crippen LogP contribution in [0.25, 0.3) is 0 Å². The second-order valence-corrected chi connectivity index (χ2v) is 35.0. The number of rotatable bonds is 62. The number of carboxylic acids is 1. The number of carboxylic acid groups (broad SMARTS) is 1. The molecule has 1 aliphatic rings. The van der Waals surface area contributed by atoms with E-state index in [0.29, 0.717) is 37.4 Å². The van der Waals surface area contributed by atoms with Crippen molar-refractivity contribution < 1.29 is 130 Å². The number of allylic oxidation sites excluding steroid dienone is 2. The van der Waals surface area contributed by atoms with Crippen LogP contribution >= 0.6 is 0 Å². The highest BCUT2D eigenvalue weighted by Crippen LogP contribution is 2.25. The molecule has 3 aromatic carbocycles. The molecule has 0 saturated heterocycles. The molecule has 0 aromatic heterocycles. The topological polar surface area (TPSA) is 899 Å². The molecule has 36 N–H and O–H groups in total. The van der Waals surface area contributed by atoms with E-state index in [1.165, 1.54) is 55.5 Å². The van der Waals surface area contributed by atoms with Crippen LogP contribution in [0, 0.1) is 16.2 Å². The number of hydrogen-bond acceptors (Lipinski definition) is 37. The second-order valence-electron chi connectivity index (χ2n) is 35.0. The number of nitrogens with one attached hydrogen (secondary N) is 25. The van der Waals surface area contributed by atoms with E-state index < -0.39 is 266 Å². The summed E-state index contributed by atoms with van der Waals surface area (Å²) in [5, 5.41) is 100. The molecule has 1 heterocycles. The van der Waals surface area contributed by atoms with Crippen LogP contribution < -0.4 is 145 Å². The summed E-state index contributed by atoms with van der Waals surface area (Å²) in [6.45, 7) is 7.12. The van der Waals surface area contributed by atoms with Gasteiger partial charge < -0.3 is 156 Å². The lowest BCUT2D eigenvalue weighted by Crippen LogP contribution is -2.71. The Morgan fingerprint density at radius 3 is 1.16 bits per heavy atom. The monoisotopic (exact) mass is 2060 g/mol. The van der Waals surface area contributed by atoms with Gasteiger partial charge in [-0.3, -0.25) is 131 Å². The van der Waals surface area contributed by atoms with Crippen molar-refractivity contribution in [2.75, 3.05) is 19.6 Å². The maximum Gasteiger partial charge on any atom is 0.305 e. The molecular formula is C91H133N29O27. The summed E-state index contributed by atoms with van der Waals surface area (Å²) < 4.78 is 0. The molecule has 0 radical (unpaired) electrons. The number of benzene rings is 3. The average Bonchev–Trinajstić information content (AvgIpc) is 0.938. The molecule has 14 amide bonds. The van der Waals surface area contributed by atoms with Gasteiger partial charge in [0.15, 0.2) is 67.4 Å². The number of phenols is 2. The van der Waals surface area contributed by atoms with Crippen molar-refractivity contribution in [2.45, 2.75) is 259 Å². The van der Waals surface area contributed by atoms with Crippen LogP contribution in [0.4, 0.5) is 0 Å². The number of aromatic hydroxyl groups is 2. The predicted octanol–water partition coefficient (Wildman–Crippen LogP) is -11.6. The summed E-state index contributed by atoms with van der Waals surface area (Å²) in [7, 11) is 0. The third kappa shape index (κ3) is 46.2. The summed E-state index contributed by atoms with van der Waals surface area (Å²) in [5.41, 5.74) is 19.5. The van der Waals surface area contributed by atoms with Gasteiger partial charge in [-0.2, -0.15) is 0 Å². The van der Waals surface area contributed by atoms with E-state index >= 15 is 28.8 Å². The highest BCUT2D eigenvalue weighted by Gasteiger charge is 2.44. The fourth-order valence-electron chi connectivity index (χ4n) is 14.0. The number of carbonyl (C=O) groups excluding carboxylic acids is 23. The zero-order chi connectivity index (χ0) is 110. The number of guanidine groups is 2. The van der Waals surface area contributed by atoms with Crippen LogP contribution in [-0.4, -0.2) is 314 Å². The first kappa shape index (κ1) is 124. The van der Waals surface area contributed by atoms with Crippen molar-refractivity contribution in [1.29, 1.82) is 10.8 Å². The fraction of sp³-hybridized carbons (Fsp3) is 0.495. The second kappa shape index (κ2) is 64.1. The summed E-state index contributed by atoms with van der Waals surface area (Å²) in [6.07, 6.45) is -18.1. The lowest BCUT2D eigenvalue weighted by atomic mass is 9.86. The first-order chi connectivity index (χ1) is 69.6. The Balaban J connectivity index is 1.99. The van der Waals surface area contributed by atoms with Crippen LogP contribution in [0.2, 0.25) is 0 Å². The van der Waals surface area contributed by atoms with Gasteiger partial charge in [0.25, 0.3) is 53.2 Å². The Labute approximate surface area is 843 Å². The summed E-state index contributed by atoms with van der Waals surface area (Å²) >= 11 is 0. The van der Waals surface area contributed by atoms with Crippen LogP contribution in [0.15, 0.2) is 91.0 Å². The van der Waals surface area contributed by atoms with Crippen molar-refractivity contribution in [2.24, 2.45) is 28.3 Å². The smallest absolute Gasteiger partial charge is 0.305 e. The molecule has 1 aliphatic heterocycles. The fourth-order valence-corrected chi connectivity index (χ4v) is 14.0. The quantitative estimate of drug-likeness (QED) is 0.00623. The molecule has 56 nitrogen and oxygen atoms in total. The number of primary amides is 2. The van der Waals surface area contributed by atoms with Crippen molar-refractivity contribution in [3.05, 3.63) is 108 Å². The van der Waals surface area contributed by atoms with Crippen molar-refractivity contribution in [3.63, 3.8) is 0 Å². The number of aliphatic carboxylic acids is 1. The zero-order valence-electron chi connectivity index (χ0n) is 81.5. The number of amides is 14. The van der Waals surface area contributed by atoms with E-state index in [9.17, 15) is 102 Å². The van der Waals surface area contributed by atoms with Gasteiger partial charge in [0.1, 0.15) is 79.7 Å². The average molecular weight is 2070 g/mol. The predicted molar refractivity (Wildman–Crippen MR) is 521 cm³/mol. The Kier molecular flexibility index (Phi) is 53.9. The molecule has 804 valence electrons. The van der Waals surface area contributed by atoms with Gasteiger partial charge in [0.05, 0.1) is 67.3 Å². The summed E-state index contributed by atoms with van der Waals surface area (Å²) in [6, 6.07) is 2.52. The number of nitrogens with two attached hydrogens (primary N) is 4. The van der Waals surface area contributed by atoms with Gasteiger partial charge in [-0.25, -0.2) is 0 Å². The molecule has 0 bridgehead atoms. The maximum atomic E-state index is 15.6. The molecular weight excluding hydrogens is 1930 g/mol. The number of aldehydes is 9. The molecule has 3 aromatic rings.